The number of hydrogen-bond acceptors (Lipinski definition) is 2. The molecule has 0 aromatic carbocycles. The quantitative estimate of drug-likeness (QED) is 0.567. The van der Waals surface area contributed by atoms with Crippen LogP contribution in [0.2, 0.25) is 5.15 Å². The van der Waals surface area contributed by atoms with Crippen LogP contribution in [-0.4, -0.2) is 4.98 Å². The van der Waals surface area contributed by atoms with Crippen LogP contribution in [-0.2, 0) is 0 Å². The molecular formula is C8H8ClFN2. The summed E-state index contributed by atoms with van der Waals surface area (Å²) in [6, 6.07) is 0.853. The molecule has 64 valence electrons. The van der Waals surface area contributed by atoms with Crippen molar-refractivity contribution in [2.24, 2.45) is 5.73 Å². The first kappa shape index (κ1) is 9.16. The summed E-state index contributed by atoms with van der Waals surface area (Å²) in [7, 11) is 0. The van der Waals surface area contributed by atoms with Crippen molar-refractivity contribution in [2.45, 2.75) is 6.04 Å². The van der Waals surface area contributed by atoms with Crippen LogP contribution in [0.1, 0.15) is 11.6 Å². The smallest absolute Gasteiger partial charge is 0.164 e. The molecule has 0 amide bonds. The Morgan fingerprint density at radius 3 is 2.92 bits per heavy atom. The van der Waals surface area contributed by atoms with Crippen LogP contribution >= 0.6 is 11.6 Å². The third-order valence-electron chi connectivity index (χ3n) is 1.46. The molecule has 1 rings (SSSR count). The average Bonchev–Trinajstić information content (AvgIpc) is 2.08. The normalized spacial score (nSPS) is 12.6. The zero-order chi connectivity index (χ0) is 9.14. The van der Waals surface area contributed by atoms with Crippen molar-refractivity contribution in [1.29, 1.82) is 0 Å². The predicted octanol–water partition coefficient (Wildman–Crippen LogP) is 2.06. The molecule has 0 fully saturated rings. The average molecular weight is 187 g/mol. The number of nitrogens with zero attached hydrogens (tertiary/aromatic N) is 1. The Morgan fingerprint density at radius 1 is 1.75 bits per heavy atom. The molecule has 1 aromatic heterocycles. The number of rotatable bonds is 2. The molecule has 0 aliphatic heterocycles. The summed E-state index contributed by atoms with van der Waals surface area (Å²) in [5.74, 6) is -0.563. The Labute approximate surface area is 74.9 Å². The summed E-state index contributed by atoms with van der Waals surface area (Å²) < 4.78 is 12.8. The molecule has 0 spiro atoms. The van der Waals surface area contributed by atoms with Crippen molar-refractivity contribution in [2.75, 3.05) is 0 Å². The van der Waals surface area contributed by atoms with Crippen LogP contribution in [0.25, 0.3) is 0 Å². The fraction of sp³-hybridized carbons (Fsp3) is 0.125. The Hall–Kier alpha value is -0.930. The first-order chi connectivity index (χ1) is 5.65. The maximum absolute atomic E-state index is 12.8. The molecular weight excluding hydrogens is 179 g/mol. The zero-order valence-corrected chi connectivity index (χ0v) is 7.05. The van der Waals surface area contributed by atoms with Gasteiger partial charge in [0.05, 0.1) is 0 Å². The lowest BCUT2D eigenvalue weighted by Gasteiger charge is -2.05. The maximum Gasteiger partial charge on any atom is 0.164 e. The van der Waals surface area contributed by atoms with Crippen LogP contribution in [0.3, 0.4) is 0 Å². The molecule has 1 aromatic rings. The van der Waals surface area contributed by atoms with Gasteiger partial charge < -0.3 is 5.73 Å². The van der Waals surface area contributed by atoms with Gasteiger partial charge >= 0.3 is 0 Å². The van der Waals surface area contributed by atoms with E-state index in [0.29, 0.717) is 5.56 Å². The van der Waals surface area contributed by atoms with E-state index in [1.165, 1.54) is 18.3 Å². The fourth-order valence-corrected chi connectivity index (χ4v) is 0.858. The summed E-state index contributed by atoms with van der Waals surface area (Å²) in [5.41, 5.74) is 6.11. The number of pyridine rings is 1. The highest BCUT2D eigenvalue weighted by Gasteiger charge is 2.05. The van der Waals surface area contributed by atoms with Gasteiger partial charge in [-0.3, -0.25) is 0 Å². The molecule has 0 aliphatic rings. The summed E-state index contributed by atoms with van der Waals surface area (Å²) >= 11 is 5.38. The summed E-state index contributed by atoms with van der Waals surface area (Å²) in [6.07, 6.45) is 2.93. The Bertz CT molecular complexity index is 301. The Morgan fingerprint density at radius 2 is 2.42 bits per heavy atom. The van der Waals surface area contributed by atoms with Gasteiger partial charge in [-0.2, -0.15) is 0 Å². The highest BCUT2D eigenvalue weighted by Crippen LogP contribution is 2.16. The molecule has 0 aliphatic carbocycles. The number of halogens is 2. The van der Waals surface area contributed by atoms with Gasteiger partial charge in [-0.05, 0) is 11.6 Å². The van der Waals surface area contributed by atoms with E-state index in [9.17, 15) is 4.39 Å². The second kappa shape index (κ2) is 3.65. The topological polar surface area (TPSA) is 38.9 Å². The lowest BCUT2D eigenvalue weighted by atomic mass is 10.1. The van der Waals surface area contributed by atoms with Crippen LogP contribution < -0.4 is 5.73 Å². The van der Waals surface area contributed by atoms with Gasteiger partial charge in [-0.25, -0.2) is 9.37 Å². The molecule has 0 saturated heterocycles. The van der Waals surface area contributed by atoms with Gasteiger partial charge in [0.2, 0.25) is 0 Å². The maximum atomic E-state index is 12.8. The molecule has 2 N–H and O–H groups in total. The van der Waals surface area contributed by atoms with Crippen molar-refractivity contribution < 1.29 is 4.39 Å². The number of hydrogen-bond donors (Lipinski definition) is 1. The molecule has 0 bridgehead atoms. The highest BCUT2D eigenvalue weighted by molar-refractivity contribution is 6.29. The zero-order valence-electron chi connectivity index (χ0n) is 6.30. The molecule has 0 saturated carbocycles. The van der Waals surface area contributed by atoms with Crippen LogP contribution in [0.5, 0.6) is 0 Å². The Balaban J connectivity index is 3.04. The minimum Gasteiger partial charge on any atom is -0.321 e. The highest BCUT2D eigenvalue weighted by atomic mass is 35.5. The van der Waals surface area contributed by atoms with Crippen LogP contribution in [0.15, 0.2) is 24.9 Å². The van der Waals surface area contributed by atoms with Crippen molar-refractivity contribution in [3.63, 3.8) is 0 Å². The minimum absolute atomic E-state index is 0.144. The molecule has 1 unspecified atom stereocenters. The van der Waals surface area contributed by atoms with Crippen molar-refractivity contribution in [3.05, 3.63) is 41.5 Å². The van der Waals surface area contributed by atoms with E-state index in [0.717, 1.165) is 0 Å². The molecule has 4 heteroatoms. The van der Waals surface area contributed by atoms with E-state index in [2.05, 4.69) is 11.6 Å². The van der Waals surface area contributed by atoms with Gasteiger partial charge in [-0.15, -0.1) is 6.58 Å². The van der Waals surface area contributed by atoms with Gasteiger partial charge in [0.15, 0.2) is 11.0 Å². The van der Waals surface area contributed by atoms with E-state index in [-0.39, 0.29) is 5.15 Å². The van der Waals surface area contributed by atoms with Gasteiger partial charge in [0.25, 0.3) is 0 Å². The SMILES string of the molecule is C=CC(N)c1cnc(Cl)c(F)c1. The van der Waals surface area contributed by atoms with Crippen molar-refractivity contribution in [3.8, 4) is 0 Å². The lowest BCUT2D eigenvalue weighted by Crippen LogP contribution is -2.07. The third kappa shape index (κ3) is 1.81. The molecule has 2 nitrogen and oxygen atoms in total. The first-order valence-electron chi connectivity index (χ1n) is 3.34. The van der Waals surface area contributed by atoms with Crippen LogP contribution in [0, 0.1) is 5.82 Å². The number of aromatic nitrogens is 1. The fourth-order valence-electron chi connectivity index (χ4n) is 0.754. The van der Waals surface area contributed by atoms with Crippen LogP contribution in [0.4, 0.5) is 4.39 Å². The predicted molar refractivity (Wildman–Crippen MR) is 46.3 cm³/mol. The monoisotopic (exact) mass is 186 g/mol. The second-order valence-corrected chi connectivity index (χ2v) is 2.66. The molecule has 12 heavy (non-hydrogen) atoms. The number of nitrogens with two attached hydrogens (primary N) is 1. The van der Waals surface area contributed by atoms with E-state index in [1.807, 2.05) is 0 Å². The van der Waals surface area contributed by atoms with Crippen molar-refractivity contribution in [1.82, 2.24) is 4.98 Å². The van der Waals surface area contributed by atoms with E-state index in [4.69, 9.17) is 17.3 Å². The summed E-state index contributed by atoms with van der Waals surface area (Å²) in [5, 5.41) is -0.144. The molecule has 0 radical (unpaired) electrons. The van der Waals surface area contributed by atoms with Gasteiger partial charge in [0, 0.05) is 12.2 Å². The van der Waals surface area contributed by atoms with Gasteiger partial charge in [-0.1, -0.05) is 17.7 Å². The molecule has 1 atom stereocenters. The van der Waals surface area contributed by atoms with Gasteiger partial charge in [0.1, 0.15) is 0 Å². The van der Waals surface area contributed by atoms with E-state index in [1.54, 1.807) is 0 Å². The largest absolute Gasteiger partial charge is 0.321 e. The minimum atomic E-state index is -0.563. The third-order valence-corrected chi connectivity index (χ3v) is 1.73. The standard InChI is InChI=1S/C8H8ClFN2/c1-2-7(11)5-3-6(10)8(9)12-4-5/h2-4,7H,1,11H2. The Kier molecular flexibility index (Phi) is 2.78. The lowest BCUT2D eigenvalue weighted by molar-refractivity contribution is 0.617. The van der Waals surface area contributed by atoms with E-state index < -0.39 is 11.9 Å². The van der Waals surface area contributed by atoms with E-state index >= 15 is 0 Å². The second-order valence-electron chi connectivity index (χ2n) is 2.30. The van der Waals surface area contributed by atoms with Crippen molar-refractivity contribution >= 4 is 11.6 Å². The molecule has 1 heterocycles. The first-order valence-corrected chi connectivity index (χ1v) is 3.72. The summed E-state index contributed by atoms with van der Waals surface area (Å²) in [4.78, 5) is 3.61. The summed E-state index contributed by atoms with van der Waals surface area (Å²) in [6.45, 7) is 3.48.